The number of rotatable bonds is 5. The normalized spacial score (nSPS) is 12.3. The van der Waals surface area contributed by atoms with Gasteiger partial charge in [-0.1, -0.05) is 19.6 Å². The quantitative estimate of drug-likeness (QED) is 0.598. The van der Waals surface area contributed by atoms with E-state index in [1.165, 1.54) is 6.04 Å². The number of aryl methyl sites for hydroxylation is 2. The van der Waals surface area contributed by atoms with Gasteiger partial charge >= 0.3 is 0 Å². The van der Waals surface area contributed by atoms with Crippen molar-refractivity contribution >= 4 is 34.9 Å². The summed E-state index contributed by atoms with van der Waals surface area (Å²) in [6, 6.07) is 1.17. The van der Waals surface area contributed by atoms with Crippen molar-refractivity contribution in [2.75, 3.05) is 6.61 Å². The third-order valence-corrected chi connectivity index (χ3v) is 5.95. The van der Waals surface area contributed by atoms with Crippen molar-refractivity contribution in [2.45, 2.75) is 46.3 Å². The highest BCUT2D eigenvalue weighted by Crippen LogP contribution is 2.28. The fourth-order valence-electron chi connectivity index (χ4n) is 2.04. The van der Waals surface area contributed by atoms with Gasteiger partial charge in [-0.3, -0.25) is 4.98 Å². The Bertz CT molecular complexity index is 619. The highest BCUT2D eigenvalue weighted by Gasteiger charge is 2.14. The molecule has 0 atom stereocenters. The maximum Gasteiger partial charge on any atom is 0.140 e. The summed E-state index contributed by atoms with van der Waals surface area (Å²) in [5.74, 6) is 0. The van der Waals surface area contributed by atoms with E-state index in [0.29, 0.717) is 6.73 Å². The molecule has 0 fully saturated rings. The number of hydrogen-bond acceptors (Lipinski definition) is 3. The van der Waals surface area contributed by atoms with Crippen LogP contribution in [0.3, 0.4) is 0 Å². The fourth-order valence-corrected chi connectivity index (χ4v) is 3.30. The molecule has 0 saturated carbocycles. The number of aromatic nitrogens is 3. The average molecular weight is 356 g/mol. The molecule has 0 unspecified atom stereocenters. The molecule has 0 aliphatic heterocycles. The Balaban J connectivity index is 2.15. The van der Waals surface area contributed by atoms with E-state index in [4.69, 9.17) is 4.74 Å². The molecule has 0 amide bonds. The highest BCUT2D eigenvalue weighted by atomic mass is 79.9. The summed E-state index contributed by atoms with van der Waals surface area (Å²) in [5.41, 5.74) is 3.07. The first-order valence-electron chi connectivity index (χ1n) is 6.85. The van der Waals surface area contributed by atoms with Gasteiger partial charge in [-0.25, -0.2) is 4.68 Å². The van der Waals surface area contributed by atoms with Gasteiger partial charge in [-0.05, 0) is 35.8 Å². The van der Waals surface area contributed by atoms with Crippen LogP contribution >= 0.6 is 15.9 Å². The third-order valence-electron chi connectivity index (χ3n) is 3.30. The molecule has 2 heterocycles. The standard InChI is InChI=1S/C14H22BrN3OSi/c1-10-12-8-16-18(9-19-6-7-20(3,4)5)14(12)13(15)11(2)17-10/h8H,6-7,9H2,1-5H3. The second-order valence-electron chi connectivity index (χ2n) is 6.35. The van der Waals surface area contributed by atoms with Crippen LogP contribution in [0.15, 0.2) is 10.7 Å². The number of ether oxygens (including phenoxy) is 1. The summed E-state index contributed by atoms with van der Waals surface area (Å²) in [7, 11) is -1.04. The molecule has 0 aliphatic carbocycles. The summed E-state index contributed by atoms with van der Waals surface area (Å²) in [6.07, 6.45) is 1.86. The first-order chi connectivity index (χ1) is 9.29. The zero-order valence-corrected chi connectivity index (χ0v) is 15.4. The SMILES string of the molecule is Cc1nc(C)c2cnn(COCC[Si](C)(C)C)c2c1Br. The average Bonchev–Trinajstić information content (AvgIpc) is 2.75. The Hall–Kier alpha value is -0.723. The molecule has 0 aliphatic rings. The van der Waals surface area contributed by atoms with Gasteiger partial charge in [0, 0.05) is 25.8 Å². The summed E-state index contributed by atoms with van der Waals surface area (Å²) in [6.45, 7) is 12.4. The Kier molecular flexibility index (Phi) is 4.66. The number of nitrogens with zero attached hydrogens (tertiary/aromatic N) is 3. The van der Waals surface area contributed by atoms with Crippen LogP contribution in [0.1, 0.15) is 11.4 Å². The molecule has 0 saturated heterocycles. The lowest BCUT2D eigenvalue weighted by Gasteiger charge is -2.15. The summed E-state index contributed by atoms with van der Waals surface area (Å²) >= 11 is 3.61. The van der Waals surface area contributed by atoms with Crippen molar-refractivity contribution in [3.05, 3.63) is 22.1 Å². The van der Waals surface area contributed by atoms with Crippen LogP contribution in [0.2, 0.25) is 25.7 Å². The smallest absolute Gasteiger partial charge is 0.140 e. The van der Waals surface area contributed by atoms with Crippen LogP contribution in [0, 0.1) is 13.8 Å². The minimum absolute atomic E-state index is 0.496. The molecule has 6 heteroatoms. The first-order valence-corrected chi connectivity index (χ1v) is 11.4. The van der Waals surface area contributed by atoms with E-state index in [0.717, 1.165) is 33.4 Å². The topological polar surface area (TPSA) is 39.9 Å². The summed E-state index contributed by atoms with van der Waals surface area (Å²) in [4.78, 5) is 4.51. The second-order valence-corrected chi connectivity index (χ2v) is 12.8. The monoisotopic (exact) mass is 355 g/mol. The summed E-state index contributed by atoms with van der Waals surface area (Å²) in [5, 5.41) is 5.50. The van der Waals surface area contributed by atoms with Crippen LogP contribution in [0.5, 0.6) is 0 Å². The van der Waals surface area contributed by atoms with E-state index < -0.39 is 8.07 Å². The van der Waals surface area contributed by atoms with E-state index in [1.807, 2.05) is 24.7 Å². The maximum atomic E-state index is 5.79. The van der Waals surface area contributed by atoms with Gasteiger partial charge in [0.2, 0.25) is 0 Å². The number of hydrogen-bond donors (Lipinski definition) is 0. The predicted octanol–water partition coefficient (Wildman–Crippen LogP) is 4.12. The largest absolute Gasteiger partial charge is 0.360 e. The maximum absolute atomic E-state index is 5.79. The van der Waals surface area contributed by atoms with Crippen LogP contribution in [-0.2, 0) is 11.5 Å². The number of pyridine rings is 1. The minimum atomic E-state index is -1.04. The Morgan fingerprint density at radius 2 is 1.95 bits per heavy atom. The number of halogens is 1. The molecule has 2 rings (SSSR count). The van der Waals surface area contributed by atoms with Crippen LogP contribution in [-0.4, -0.2) is 29.4 Å². The Labute approximate surface area is 129 Å². The third kappa shape index (κ3) is 3.48. The minimum Gasteiger partial charge on any atom is -0.360 e. The van der Waals surface area contributed by atoms with Crippen LogP contribution in [0.25, 0.3) is 10.9 Å². The zero-order valence-electron chi connectivity index (χ0n) is 12.8. The Morgan fingerprint density at radius 1 is 1.25 bits per heavy atom. The van der Waals surface area contributed by atoms with Crippen molar-refractivity contribution in [1.29, 1.82) is 0 Å². The molecule has 20 heavy (non-hydrogen) atoms. The van der Waals surface area contributed by atoms with Crippen molar-refractivity contribution in [2.24, 2.45) is 0 Å². The molecule has 0 spiro atoms. The van der Waals surface area contributed by atoms with E-state index in [-0.39, 0.29) is 0 Å². The van der Waals surface area contributed by atoms with Gasteiger partial charge < -0.3 is 4.74 Å². The lowest BCUT2D eigenvalue weighted by molar-refractivity contribution is 0.0816. The van der Waals surface area contributed by atoms with E-state index in [1.54, 1.807) is 0 Å². The molecule has 2 aromatic heterocycles. The zero-order chi connectivity index (χ0) is 14.9. The van der Waals surface area contributed by atoms with Crippen molar-refractivity contribution in [3.8, 4) is 0 Å². The summed E-state index contributed by atoms with van der Waals surface area (Å²) < 4.78 is 8.70. The van der Waals surface area contributed by atoms with E-state index >= 15 is 0 Å². The van der Waals surface area contributed by atoms with Crippen molar-refractivity contribution < 1.29 is 4.74 Å². The Morgan fingerprint density at radius 3 is 2.60 bits per heavy atom. The molecular formula is C14H22BrN3OSi. The van der Waals surface area contributed by atoms with E-state index in [9.17, 15) is 0 Å². The fraction of sp³-hybridized carbons (Fsp3) is 0.571. The van der Waals surface area contributed by atoms with Gasteiger partial charge in [0.05, 0.1) is 21.9 Å². The van der Waals surface area contributed by atoms with Gasteiger partial charge in [-0.15, -0.1) is 0 Å². The van der Waals surface area contributed by atoms with Gasteiger partial charge in [0.15, 0.2) is 0 Å². The molecule has 110 valence electrons. The molecule has 0 aromatic carbocycles. The highest BCUT2D eigenvalue weighted by molar-refractivity contribution is 9.10. The molecule has 2 aromatic rings. The predicted molar refractivity (Wildman–Crippen MR) is 88.8 cm³/mol. The van der Waals surface area contributed by atoms with Crippen molar-refractivity contribution in [3.63, 3.8) is 0 Å². The molecule has 0 radical (unpaired) electrons. The van der Waals surface area contributed by atoms with Crippen LogP contribution < -0.4 is 0 Å². The second kappa shape index (κ2) is 5.95. The molecule has 0 N–H and O–H groups in total. The van der Waals surface area contributed by atoms with Gasteiger partial charge in [-0.2, -0.15) is 5.10 Å². The van der Waals surface area contributed by atoms with Crippen LogP contribution in [0.4, 0.5) is 0 Å². The molecular weight excluding hydrogens is 334 g/mol. The first kappa shape index (κ1) is 15.7. The molecule has 4 nitrogen and oxygen atoms in total. The number of fused-ring (bicyclic) bond motifs is 1. The van der Waals surface area contributed by atoms with Gasteiger partial charge in [0.1, 0.15) is 6.73 Å². The lowest BCUT2D eigenvalue weighted by Crippen LogP contribution is -2.22. The lowest BCUT2D eigenvalue weighted by atomic mass is 10.2. The van der Waals surface area contributed by atoms with E-state index in [2.05, 4.69) is 45.7 Å². The molecule has 0 bridgehead atoms. The van der Waals surface area contributed by atoms with Crippen molar-refractivity contribution in [1.82, 2.24) is 14.8 Å². The van der Waals surface area contributed by atoms with Gasteiger partial charge in [0.25, 0.3) is 0 Å².